The second-order valence-corrected chi connectivity index (χ2v) is 10.3. The lowest BCUT2D eigenvalue weighted by atomic mass is 9.78. The molecule has 0 fully saturated rings. The molecular formula is C19H27NOS2. The number of hydrogen-bond donors (Lipinski definition) is 1. The van der Waals surface area contributed by atoms with E-state index >= 15 is 0 Å². The van der Waals surface area contributed by atoms with Gasteiger partial charge in [-0.25, -0.2) is 4.98 Å². The Bertz CT molecular complexity index is 683. The maximum Gasteiger partial charge on any atom is 0.150 e. The van der Waals surface area contributed by atoms with Crippen LogP contribution in [0, 0.1) is 6.92 Å². The fourth-order valence-corrected chi connectivity index (χ4v) is 4.19. The molecule has 0 bridgehead atoms. The highest BCUT2D eigenvalue weighted by molar-refractivity contribution is 8.00. The van der Waals surface area contributed by atoms with Crippen molar-refractivity contribution in [2.75, 3.05) is 6.26 Å². The Morgan fingerprint density at radius 1 is 1.00 bits per heavy atom. The van der Waals surface area contributed by atoms with Gasteiger partial charge < -0.3 is 5.11 Å². The summed E-state index contributed by atoms with van der Waals surface area (Å²) < 4.78 is 1.08. The lowest BCUT2D eigenvalue weighted by molar-refractivity contribution is 0.423. The molecule has 0 radical (unpaired) electrons. The van der Waals surface area contributed by atoms with Crippen LogP contribution in [0.2, 0.25) is 0 Å². The first-order valence-corrected chi connectivity index (χ1v) is 9.89. The van der Waals surface area contributed by atoms with Gasteiger partial charge >= 0.3 is 0 Å². The molecular weight excluding hydrogens is 322 g/mol. The van der Waals surface area contributed by atoms with E-state index in [1.54, 1.807) is 23.1 Å². The first-order chi connectivity index (χ1) is 10.4. The summed E-state index contributed by atoms with van der Waals surface area (Å²) >= 11 is 3.41. The molecule has 0 unspecified atom stereocenters. The number of hydrogen-bond acceptors (Lipinski definition) is 4. The average Bonchev–Trinajstić information content (AvgIpc) is 2.77. The molecule has 0 amide bonds. The van der Waals surface area contributed by atoms with Crippen molar-refractivity contribution >= 4 is 23.1 Å². The molecule has 2 rings (SSSR count). The Labute approximate surface area is 148 Å². The van der Waals surface area contributed by atoms with Gasteiger partial charge in [-0.1, -0.05) is 53.3 Å². The largest absolute Gasteiger partial charge is 0.507 e. The maximum absolute atomic E-state index is 10.8. The molecule has 1 N–H and O–H groups in total. The molecule has 2 nitrogen and oxygen atoms in total. The monoisotopic (exact) mass is 349 g/mol. The van der Waals surface area contributed by atoms with Crippen LogP contribution in [-0.2, 0) is 10.8 Å². The standard InChI is InChI=1S/C19H27NOS2/c1-11-15(20-17(22-8)23-11)12-9-13(18(2,3)4)16(21)14(10-12)19(5,6)7/h9-10,21H,1-8H3. The summed E-state index contributed by atoms with van der Waals surface area (Å²) in [5, 5.41) is 10.8. The van der Waals surface area contributed by atoms with Crippen LogP contribution in [0.25, 0.3) is 11.3 Å². The third kappa shape index (κ3) is 3.74. The molecule has 4 heteroatoms. The normalized spacial score (nSPS) is 12.7. The van der Waals surface area contributed by atoms with Crippen molar-refractivity contribution in [1.82, 2.24) is 4.98 Å². The number of nitrogens with zero attached hydrogens (tertiary/aromatic N) is 1. The van der Waals surface area contributed by atoms with Crippen LogP contribution < -0.4 is 0 Å². The van der Waals surface area contributed by atoms with Gasteiger partial charge in [-0.3, -0.25) is 0 Å². The lowest BCUT2D eigenvalue weighted by Crippen LogP contribution is -2.17. The van der Waals surface area contributed by atoms with Crippen LogP contribution in [0.3, 0.4) is 0 Å². The second kappa shape index (κ2) is 6.14. The SMILES string of the molecule is CSc1nc(-c2cc(C(C)(C)C)c(O)c(C(C)(C)C)c2)c(C)s1. The van der Waals surface area contributed by atoms with Gasteiger partial charge in [-0.15, -0.1) is 11.3 Å². The van der Waals surface area contributed by atoms with Gasteiger partial charge in [0.2, 0.25) is 0 Å². The zero-order chi connectivity index (χ0) is 17.6. The van der Waals surface area contributed by atoms with E-state index in [-0.39, 0.29) is 10.8 Å². The summed E-state index contributed by atoms with van der Waals surface area (Å²) in [6, 6.07) is 4.22. The summed E-state index contributed by atoms with van der Waals surface area (Å²) in [6.45, 7) is 14.9. The number of thiazole rings is 1. The van der Waals surface area contributed by atoms with Crippen LogP contribution in [-0.4, -0.2) is 16.3 Å². The summed E-state index contributed by atoms with van der Waals surface area (Å²) in [5.74, 6) is 0.423. The maximum atomic E-state index is 10.8. The molecule has 0 aliphatic carbocycles. The number of phenolic OH excluding ortho intramolecular Hbond substituents is 1. The zero-order valence-corrected chi connectivity index (χ0v) is 17.0. The number of phenols is 1. The quantitative estimate of drug-likeness (QED) is 0.661. The summed E-state index contributed by atoms with van der Waals surface area (Å²) in [7, 11) is 0. The minimum atomic E-state index is -0.119. The highest BCUT2D eigenvalue weighted by atomic mass is 32.2. The fourth-order valence-electron chi connectivity index (χ4n) is 2.64. The van der Waals surface area contributed by atoms with Crippen LogP contribution in [0.15, 0.2) is 16.5 Å². The minimum Gasteiger partial charge on any atom is -0.507 e. The smallest absolute Gasteiger partial charge is 0.150 e. The highest BCUT2D eigenvalue weighted by Gasteiger charge is 2.27. The fraction of sp³-hybridized carbons (Fsp3) is 0.526. The molecule has 2 aromatic rings. The van der Waals surface area contributed by atoms with Gasteiger partial charge in [0.25, 0.3) is 0 Å². The van der Waals surface area contributed by atoms with E-state index in [0.29, 0.717) is 5.75 Å². The second-order valence-electron chi connectivity index (χ2n) is 8.01. The zero-order valence-electron chi connectivity index (χ0n) is 15.4. The van der Waals surface area contributed by atoms with Crippen molar-refractivity contribution in [3.63, 3.8) is 0 Å². The van der Waals surface area contributed by atoms with E-state index in [2.05, 4.69) is 66.9 Å². The summed E-state index contributed by atoms with van der Waals surface area (Å²) in [4.78, 5) is 6.00. The van der Waals surface area contributed by atoms with E-state index in [0.717, 1.165) is 26.7 Å². The molecule has 0 spiro atoms. The van der Waals surface area contributed by atoms with Crippen molar-refractivity contribution in [2.45, 2.75) is 63.6 Å². The van der Waals surface area contributed by atoms with Gasteiger partial charge in [0.1, 0.15) is 5.75 Å². The Balaban J connectivity index is 2.76. The van der Waals surface area contributed by atoms with E-state index in [4.69, 9.17) is 4.98 Å². The van der Waals surface area contributed by atoms with Crippen molar-refractivity contribution in [1.29, 1.82) is 0 Å². The molecule has 1 heterocycles. The van der Waals surface area contributed by atoms with Gasteiger partial charge in [-0.05, 0) is 36.1 Å². The third-order valence-electron chi connectivity index (χ3n) is 3.95. The molecule has 0 saturated carbocycles. The lowest BCUT2D eigenvalue weighted by Gasteiger charge is -2.28. The first-order valence-electron chi connectivity index (χ1n) is 7.85. The van der Waals surface area contributed by atoms with Gasteiger partial charge in [-0.2, -0.15) is 0 Å². The minimum absolute atomic E-state index is 0.119. The van der Waals surface area contributed by atoms with Crippen LogP contribution in [0.5, 0.6) is 5.75 Å². The number of rotatable bonds is 2. The average molecular weight is 350 g/mol. The number of thioether (sulfide) groups is 1. The van der Waals surface area contributed by atoms with Crippen LogP contribution in [0.1, 0.15) is 57.5 Å². The van der Waals surface area contributed by atoms with E-state index in [1.165, 1.54) is 4.88 Å². The Kier molecular flexibility index (Phi) is 4.89. The molecule has 1 aromatic heterocycles. The van der Waals surface area contributed by atoms with Crippen molar-refractivity contribution in [3.8, 4) is 17.0 Å². The molecule has 1 aromatic carbocycles. The Morgan fingerprint density at radius 2 is 1.48 bits per heavy atom. The molecule has 0 aliphatic rings. The number of benzene rings is 1. The number of aromatic hydroxyl groups is 1. The van der Waals surface area contributed by atoms with Crippen LogP contribution >= 0.6 is 23.1 Å². The molecule has 23 heavy (non-hydrogen) atoms. The number of aryl methyl sites for hydroxylation is 1. The predicted octanol–water partition coefficient (Wildman–Crippen LogP) is 6.14. The van der Waals surface area contributed by atoms with Crippen molar-refractivity contribution in [2.24, 2.45) is 0 Å². The molecule has 126 valence electrons. The van der Waals surface area contributed by atoms with Crippen molar-refractivity contribution in [3.05, 3.63) is 28.1 Å². The van der Waals surface area contributed by atoms with Crippen molar-refractivity contribution < 1.29 is 5.11 Å². The highest BCUT2D eigenvalue weighted by Crippen LogP contribution is 2.43. The predicted molar refractivity (Wildman–Crippen MR) is 103 cm³/mol. The summed E-state index contributed by atoms with van der Waals surface area (Å²) in [6.07, 6.45) is 2.06. The van der Waals surface area contributed by atoms with E-state index in [1.807, 2.05) is 0 Å². The van der Waals surface area contributed by atoms with Gasteiger partial charge in [0, 0.05) is 21.6 Å². The van der Waals surface area contributed by atoms with Crippen LogP contribution in [0.4, 0.5) is 0 Å². The molecule has 0 aliphatic heterocycles. The van der Waals surface area contributed by atoms with Gasteiger partial charge in [0.05, 0.1) is 5.69 Å². The van der Waals surface area contributed by atoms with E-state index < -0.39 is 0 Å². The number of aromatic nitrogens is 1. The van der Waals surface area contributed by atoms with Gasteiger partial charge in [0.15, 0.2) is 4.34 Å². The Hall–Kier alpha value is -1.00. The molecule has 0 saturated heterocycles. The molecule has 0 atom stereocenters. The topological polar surface area (TPSA) is 33.1 Å². The van der Waals surface area contributed by atoms with E-state index in [9.17, 15) is 5.11 Å². The first kappa shape index (κ1) is 18.3. The summed E-state index contributed by atoms with van der Waals surface area (Å²) in [5.41, 5.74) is 3.87. The third-order valence-corrected chi connectivity index (χ3v) is 5.91. The Morgan fingerprint density at radius 3 is 1.83 bits per heavy atom.